The van der Waals surface area contributed by atoms with Crippen LogP contribution in [0.2, 0.25) is 0 Å². The molecule has 0 aliphatic heterocycles. The smallest absolute Gasteiger partial charge is 0.161 e. The summed E-state index contributed by atoms with van der Waals surface area (Å²) in [6.45, 7) is 3.59. The van der Waals surface area contributed by atoms with Gasteiger partial charge in [0, 0.05) is 30.4 Å². The molecular weight excluding hydrogens is 254 g/mol. The van der Waals surface area contributed by atoms with Crippen LogP contribution in [0.3, 0.4) is 0 Å². The van der Waals surface area contributed by atoms with Crippen LogP contribution in [-0.2, 0) is 13.0 Å². The third-order valence-corrected chi connectivity index (χ3v) is 3.30. The minimum Gasteiger partial charge on any atom is -0.493 e. The number of hydrogen-bond acceptors (Lipinski definition) is 4. The second-order valence-electron chi connectivity index (χ2n) is 4.43. The number of benzene rings is 1. The number of hydrogen-bond donors (Lipinski definition) is 1. The van der Waals surface area contributed by atoms with Crippen LogP contribution in [0.5, 0.6) is 11.5 Å². The Kier molecular flexibility index (Phi) is 4.63. The van der Waals surface area contributed by atoms with Crippen molar-refractivity contribution < 1.29 is 9.47 Å². The first-order chi connectivity index (χ1) is 9.74. The molecule has 0 fully saturated rings. The molecule has 5 nitrogen and oxygen atoms in total. The van der Waals surface area contributed by atoms with Crippen molar-refractivity contribution in [1.82, 2.24) is 9.55 Å². The Morgan fingerprint density at radius 1 is 1.20 bits per heavy atom. The van der Waals surface area contributed by atoms with Crippen LogP contribution < -0.4 is 15.2 Å². The van der Waals surface area contributed by atoms with Crippen LogP contribution in [0, 0.1) is 0 Å². The van der Waals surface area contributed by atoms with Crippen LogP contribution in [0.1, 0.15) is 12.6 Å². The van der Waals surface area contributed by atoms with Gasteiger partial charge in [-0.2, -0.15) is 0 Å². The maximum Gasteiger partial charge on any atom is 0.161 e. The molecule has 0 aliphatic carbocycles. The Morgan fingerprint density at radius 2 is 1.95 bits per heavy atom. The lowest BCUT2D eigenvalue weighted by molar-refractivity contribution is 0.355. The zero-order valence-corrected chi connectivity index (χ0v) is 12.2. The van der Waals surface area contributed by atoms with E-state index in [4.69, 9.17) is 15.2 Å². The Morgan fingerprint density at radius 3 is 2.55 bits per heavy atom. The van der Waals surface area contributed by atoms with Gasteiger partial charge in [0.2, 0.25) is 0 Å². The second kappa shape index (κ2) is 6.43. The number of nitrogens with zero attached hydrogens (tertiary/aromatic N) is 2. The minimum absolute atomic E-state index is 0.622. The molecular formula is C15H21N3O2. The van der Waals surface area contributed by atoms with Gasteiger partial charge in [-0.15, -0.1) is 0 Å². The highest BCUT2D eigenvalue weighted by atomic mass is 16.5. The van der Waals surface area contributed by atoms with E-state index in [1.165, 1.54) is 0 Å². The number of methoxy groups -OCH3 is 2. The average molecular weight is 275 g/mol. The van der Waals surface area contributed by atoms with E-state index in [1.807, 2.05) is 24.4 Å². The minimum atomic E-state index is 0.622. The molecule has 0 saturated carbocycles. The summed E-state index contributed by atoms with van der Waals surface area (Å²) in [5.41, 5.74) is 7.80. The van der Waals surface area contributed by atoms with Gasteiger partial charge in [-0.25, -0.2) is 4.98 Å². The van der Waals surface area contributed by atoms with Crippen LogP contribution in [0.15, 0.2) is 24.4 Å². The van der Waals surface area contributed by atoms with E-state index in [0.29, 0.717) is 18.0 Å². The molecule has 0 spiro atoms. The molecule has 1 heterocycles. The van der Waals surface area contributed by atoms with Crippen molar-refractivity contribution >= 4 is 0 Å². The summed E-state index contributed by atoms with van der Waals surface area (Å²) in [7, 11) is 3.26. The summed E-state index contributed by atoms with van der Waals surface area (Å²) in [5, 5.41) is 0. The molecule has 2 aromatic rings. The van der Waals surface area contributed by atoms with E-state index >= 15 is 0 Å². The monoisotopic (exact) mass is 275 g/mol. The predicted molar refractivity (Wildman–Crippen MR) is 79.2 cm³/mol. The van der Waals surface area contributed by atoms with Gasteiger partial charge in [0.05, 0.1) is 14.2 Å². The van der Waals surface area contributed by atoms with Crippen LogP contribution in [0.25, 0.3) is 11.4 Å². The average Bonchev–Trinajstić information content (AvgIpc) is 2.89. The lowest BCUT2D eigenvalue weighted by atomic mass is 10.2. The molecule has 2 rings (SSSR count). The molecule has 1 aromatic heterocycles. The summed E-state index contributed by atoms with van der Waals surface area (Å²) >= 11 is 0. The van der Waals surface area contributed by atoms with Gasteiger partial charge in [-0.1, -0.05) is 0 Å². The largest absolute Gasteiger partial charge is 0.493 e. The zero-order valence-electron chi connectivity index (χ0n) is 12.2. The number of ether oxygens (including phenoxy) is 2. The molecule has 0 saturated heterocycles. The van der Waals surface area contributed by atoms with Crippen molar-refractivity contribution in [1.29, 1.82) is 0 Å². The first kappa shape index (κ1) is 14.4. The fraction of sp³-hybridized carbons (Fsp3) is 0.400. The number of rotatable bonds is 6. The van der Waals surface area contributed by atoms with Gasteiger partial charge in [-0.3, -0.25) is 0 Å². The van der Waals surface area contributed by atoms with Crippen molar-refractivity contribution in [3.05, 3.63) is 30.1 Å². The molecule has 0 aliphatic rings. The standard InChI is InChI=1S/C15H21N3O2/c1-4-18-12(7-8-16)10-17-15(18)11-5-6-13(19-2)14(9-11)20-3/h5-6,9-10H,4,7-8,16H2,1-3H3. The first-order valence-corrected chi connectivity index (χ1v) is 6.72. The molecule has 1 aromatic carbocycles. The molecule has 20 heavy (non-hydrogen) atoms. The molecule has 108 valence electrons. The molecule has 5 heteroatoms. The Balaban J connectivity index is 2.45. The zero-order chi connectivity index (χ0) is 14.5. The van der Waals surface area contributed by atoms with E-state index in [-0.39, 0.29) is 0 Å². The molecule has 0 amide bonds. The fourth-order valence-electron chi connectivity index (χ4n) is 2.32. The molecule has 0 radical (unpaired) electrons. The number of nitrogens with two attached hydrogens (primary N) is 1. The van der Waals surface area contributed by atoms with Crippen molar-refractivity contribution in [3.8, 4) is 22.9 Å². The topological polar surface area (TPSA) is 62.3 Å². The third kappa shape index (κ3) is 2.63. The van der Waals surface area contributed by atoms with Gasteiger partial charge in [0.1, 0.15) is 5.82 Å². The SMILES string of the molecule is CCn1c(CCN)cnc1-c1ccc(OC)c(OC)c1. The van der Waals surface area contributed by atoms with Crippen LogP contribution in [-0.4, -0.2) is 30.3 Å². The van der Waals surface area contributed by atoms with Crippen LogP contribution >= 0.6 is 0 Å². The van der Waals surface area contributed by atoms with E-state index in [2.05, 4.69) is 16.5 Å². The predicted octanol–water partition coefficient (Wildman–Crippen LogP) is 2.09. The molecule has 0 unspecified atom stereocenters. The van der Waals surface area contributed by atoms with E-state index < -0.39 is 0 Å². The highest BCUT2D eigenvalue weighted by molar-refractivity contribution is 5.62. The number of aromatic nitrogens is 2. The van der Waals surface area contributed by atoms with E-state index in [9.17, 15) is 0 Å². The van der Waals surface area contributed by atoms with Gasteiger partial charge < -0.3 is 19.8 Å². The van der Waals surface area contributed by atoms with Gasteiger partial charge in [-0.05, 0) is 31.7 Å². The normalized spacial score (nSPS) is 10.6. The van der Waals surface area contributed by atoms with Crippen molar-refractivity contribution in [3.63, 3.8) is 0 Å². The molecule has 0 bridgehead atoms. The van der Waals surface area contributed by atoms with Gasteiger partial charge in [0.15, 0.2) is 11.5 Å². The summed E-state index contributed by atoms with van der Waals surface area (Å²) in [6.07, 6.45) is 2.72. The van der Waals surface area contributed by atoms with Gasteiger partial charge in [0.25, 0.3) is 0 Å². The molecule has 0 atom stereocenters. The summed E-state index contributed by atoms with van der Waals surface area (Å²) in [4.78, 5) is 4.52. The lowest BCUT2D eigenvalue weighted by Gasteiger charge is -2.12. The Labute approximate surface area is 119 Å². The van der Waals surface area contributed by atoms with E-state index in [1.54, 1.807) is 14.2 Å². The van der Waals surface area contributed by atoms with Crippen LogP contribution in [0.4, 0.5) is 0 Å². The van der Waals surface area contributed by atoms with Crippen molar-refractivity contribution in [2.45, 2.75) is 19.9 Å². The summed E-state index contributed by atoms with van der Waals surface area (Å²) in [6, 6.07) is 5.83. The summed E-state index contributed by atoms with van der Waals surface area (Å²) < 4.78 is 12.8. The molecule has 2 N–H and O–H groups in total. The second-order valence-corrected chi connectivity index (χ2v) is 4.43. The number of imidazole rings is 1. The van der Waals surface area contributed by atoms with E-state index in [0.717, 1.165) is 30.0 Å². The summed E-state index contributed by atoms with van der Waals surface area (Å²) in [5.74, 6) is 2.35. The Hall–Kier alpha value is -2.01. The third-order valence-electron chi connectivity index (χ3n) is 3.30. The highest BCUT2D eigenvalue weighted by Crippen LogP contribution is 2.32. The van der Waals surface area contributed by atoms with Gasteiger partial charge >= 0.3 is 0 Å². The maximum atomic E-state index is 5.64. The quantitative estimate of drug-likeness (QED) is 0.877. The maximum absolute atomic E-state index is 5.64. The fourth-order valence-corrected chi connectivity index (χ4v) is 2.32. The van der Waals surface area contributed by atoms with Crippen molar-refractivity contribution in [2.75, 3.05) is 20.8 Å². The first-order valence-electron chi connectivity index (χ1n) is 6.72. The highest BCUT2D eigenvalue weighted by Gasteiger charge is 2.13. The van der Waals surface area contributed by atoms with Crippen molar-refractivity contribution in [2.24, 2.45) is 5.73 Å². The Bertz CT molecular complexity index is 578. The lowest BCUT2D eigenvalue weighted by Crippen LogP contribution is -2.09.